The molecule has 0 unspecified atom stereocenters. The molecule has 0 aliphatic heterocycles. The second-order valence-corrected chi connectivity index (χ2v) is 7.46. The van der Waals surface area contributed by atoms with Crippen molar-refractivity contribution in [3.63, 3.8) is 0 Å². The van der Waals surface area contributed by atoms with Gasteiger partial charge in [0.05, 0.1) is 11.3 Å². The molecule has 1 N–H and O–H groups in total. The Kier molecular flexibility index (Phi) is 3.70. The zero-order valence-electron chi connectivity index (χ0n) is 10.9. The molecule has 1 aromatic heterocycles. The van der Waals surface area contributed by atoms with Gasteiger partial charge < -0.3 is 5.32 Å². The summed E-state index contributed by atoms with van der Waals surface area (Å²) in [4.78, 5) is 3.69. The van der Waals surface area contributed by atoms with Crippen molar-refractivity contribution in [1.29, 1.82) is 0 Å². The molecular formula is C12H15F3N2O2S. The van der Waals surface area contributed by atoms with Crippen molar-refractivity contribution >= 4 is 15.7 Å². The third-order valence-electron chi connectivity index (χ3n) is 3.27. The van der Waals surface area contributed by atoms with Gasteiger partial charge in [-0.15, -0.1) is 0 Å². The summed E-state index contributed by atoms with van der Waals surface area (Å²) in [5, 5.41) is 2.65. The van der Waals surface area contributed by atoms with E-state index in [1.807, 2.05) is 0 Å². The average Bonchev–Trinajstić information content (AvgIpc) is 3.03. The first-order valence-electron chi connectivity index (χ1n) is 6.05. The van der Waals surface area contributed by atoms with Gasteiger partial charge in [0.25, 0.3) is 0 Å². The van der Waals surface area contributed by atoms with Gasteiger partial charge >= 0.3 is 6.18 Å². The van der Waals surface area contributed by atoms with Crippen LogP contribution >= 0.6 is 0 Å². The van der Waals surface area contributed by atoms with Crippen LogP contribution in [0.5, 0.6) is 0 Å². The largest absolute Gasteiger partial charge is 0.419 e. The fraction of sp³-hybridized carbons (Fsp3) is 0.583. The normalized spacial score (nSPS) is 17.8. The first-order chi connectivity index (χ1) is 9.11. The maximum absolute atomic E-state index is 12.8. The van der Waals surface area contributed by atoms with E-state index < -0.39 is 27.0 Å². The van der Waals surface area contributed by atoms with E-state index in [0.717, 1.165) is 12.3 Å². The minimum Gasteiger partial charge on any atom is -0.369 e. The molecule has 0 saturated heterocycles. The van der Waals surface area contributed by atoms with E-state index in [-0.39, 0.29) is 18.1 Å². The molecular weight excluding hydrogens is 293 g/mol. The number of anilines is 1. The highest BCUT2D eigenvalue weighted by Crippen LogP contribution is 2.47. The quantitative estimate of drug-likeness (QED) is 0.907. The molecule has 0 radical (unpaired) electrons. The number of nitrogens with zero attached hydrogens (tertiary/aromatic N) is 1. The monoisotopic (exact) mass is 308 g/mol. The Labute approximate surface area is 115 Å². The average molecular weight is 308 g/mol. The topological polar surface area (TPSA) is 59.1 Å². The molecule has 112 valence electrons. The van der Waals surface area contributed by atoms with Crippen molar-refractivity contribution in [3.8, 4) is 0 Å². The third-order valence-corrected chi connectivity index (χ3v) is 4.41. The van der Waals surface area contributed by atoms with Gasteiger partial charge in [0.2, 0.25) is 0 Å². The third kappa shape index (κ3) is 3.84. The molecule has 0 atom stereocenters. The maximum atomic E-state index is 12.8. The highest BCUT2D eigenvalue weighted by Gasteiger charge is 2.45. The zero-order valence-corrected chi connectivity index (χ0v) is 11.7. The zero-order chi connectivity index (χ0) is 15.0. The van der Waals surface area contributed by atoms with Crippen molar-refractivity contribution in [2.75, 3.05) is 23.9 Å². The summed E-state index contributed by atoms with van der Waals surface area (Å²) in [7, 11) is -3.14. The molecule has 0 aromatic carbocycles. The first-order valence-corrected chi connectivity index (χ1v) is 8.11. The van der Waals surface area contributed by atoms with Crippen LogP contribution in [-0.2, 0) is 16.0 Å². The van der Waals surface area contributed by atoms with Gasteiger partial charge in [0.15, 0.2) is 0 Å². The van der Waals surface area contributed by atoms with Crippen molar-refractivity contribution < 1.29 is 21.6 Å². The summed E-state index contributed by atoms with van der Waals surface area (Å²) in [5.41, 5.74) is -1.29. The Balaban J connectivity index is 2.09. The second-order valence-electron chi connectivity index (χ2n) is 5.32. The molecule has 1 heterocycles. The predicted molar refractivity (Wildman–Crippen MR) is 69.1 cm³/mol. The van der Waals surface area contributed by atoms with Crippen molar-refractivity contribution in [1.82, 2.24) is 4.98 Å². The molecule has 1 aliphatic carbocycles. The van der Waals surface area contributed by atoms with Gasteiger partial charge in [0, 0.05) is 24.4 Å². The number of pyridine rings is 1. The van der Waals surface area contributed by atoms with E-state index in [2.05, 4.69) is 10.3 Å². The summed E-state index contributed by atoms with van der Waals surface area (Å²) in [6.45, 7) is 0.181. The Bertz CT molecular complexity index is 595. The predicted octanol–water partition coefficient (Wildman–Crippen LogP) is 2.34. The molecule has 1 aliphatic rings. The van der Waals surface area contributed by atoms with Gasteiger partial charge in [0.1, 0.15) is 15.7 Å². The molecule has 8 heteroatoms. The minimum absolute atomic E-state index is 0.0127. The molecule has 0 spiro atoms. The first kappa shape index (κ1) is 15.1. The van der Waals surface area contributed by atoms with E-state index in [1.54, 1.807) is 0 Å². The Morgan fingerprint density at radius 3 is 2.55 bits per heavy atom. The summed E-state index contributed by atoms with van der Waals surface area (Å²) in [6, 6.07) is 2.17. The van der Waals surface area contributed by atoms with Crippen LogP contribution in [0.25, 0.3) is 0 Å². The maximum Gasteiger partial charge on any atom is 0.419 e. The van der Waals surface area contributed by atoms with Crippen LogP contribution in [0.3, 0.4) is 0 Å². The number of alkyl halides is 3. The highest BCUT2D eigenvalue weighted by molar-refractivity contribution is 7.90. The summed E-state index contributed by atoms with van der Waals surface area (Å²) in [6.07, 6.45) is -0.685. The van der Waals surface area contributed by atoms with Gasteiger partial charge in [-0.1, -0.05) is 0 Å². The number of sulfone groups is 1. The van der Waals surface area contributed by atoms with Crippen LogP contribution < -0.4 is 5.32 Å². The number of halogens is 3. The van der Waals surface area contributed by atoms with Crippen LogP contribution in [0.15, 0.2) is 18.3 Å². The standard InChI is InChI=1S/C12H15F3N2O2S/c1-20(18,19)8-11(4-5-11)7-17-10-9(12(13,14)15)3-2-6-16-10/h2-3,6H,4-5,7-8H2,1H3,(H,16,17). The smallest absolute Gasteiger partial charge is 0.369 e. The van der Waals surface area contributed by atoms with Gasteiger partial charge in [-0.05, 0) is 25.0 Å². The lowest BCUT2D eigenvalue weighted by atomic mass is 10.1. The fourth-order valence-electron chi connectivity index (χ4n) is 2.15. The lowest BCUT2D eigenvalue weighted by Gasteiger charge is -2.18. The Hall–Kier alpha value is -1.31. The Morgan fingerprint density at radius 1 is 1.40 bits per heavy atom. The lowest BCUT2D eigenvalue weighted by Crippen LogP contribution is -2.25. The molecule has 4 nitrogen and oxygen atoms in total. The van der Waals surface area contributed by atoms with Gasteiger partial charge in [-0.25, -0.2) is 13.4 Å². The van der Waals surface area contributed by atoms with Crippen LogP contribution in [0.2, 0.25) is 0 Å². The lowest BCUT2D eigenvalue weighted by molar-refractivity contribution is -0.137. The van der Waals surface area contributed by atoms with Crippen LogP contribution in [0, 0.1) is 5.41 Å². The number of aromatic nitrogens is 1. The van der Waals surface area contributed by atoms with Crippen LogP contribution in [-0.4, -0.2) is 32.0 Å². The fourth-order valence-corrected chi connectivity index (χ4v) is 3.65. The van der Waals surface area contributed by atoms with E-state index in [4.69, 9.17) is 0 Å². The molecule has 0 bridgehead atoms. The molecule has 1 fully saturated rings. The SMILES string of the molecule is CS(=O)(=O)CC1(CNc2ncccc2C(F)(F)F)CC1. The van der Waals surface area contributed by atoms with Gasteiger partial charge in [-0.3, -0.25) is 0 Å². The van der Waals surface area contributed by atoms with Crippen LogP contribution in [0.4, 0.5) is 19.0 Å². The molecule has 0 amide bonds. The second kappa shape index (κ2) is 4.91. The molecule has 2 rings (SSSR count). The minimum atomic E-state index is -4.48. The number of nitrogens with one attached hydrogen (secondary N) is 1. The van der Waals surface area contributed by atoms with Gasteiger partial charge in [-0.2, -0.15) is 13.2 Å². The number of hydrogen-bond donors (Lipinski definition) is 1. The van der Waals surface area contributed by atoms with Crippen molar-refractivity contribution in [2.45, 2.75) is 19.0 Å². The van der Waals surface area contributed by atoms with Crippen LogP contribution in [0.1, 0.15) is 18.4 Å². The van der Waals surface area contributed by atoms with E-state index >= 15 is 0 Å². The molecule has 20 heavy (non-hydrogen) atoms. The number of rotatable bonds is 5. The summed E-state index contributed by atoms with van der Waals surface area (Å²) >= 11 is 0. The van der Waals surface area contributed by atoms with E-state index in [0.29, 0.717) is 12.8 Å². The summed E-state index contributed by atoms with van der Waals surface area (Å²) < 4.78 is 60.9. The molecule has 1 aromatic rings. The Morgan fingerprint density at radius 2 is 2.05 bits per heavy atom. The van der Waals surface area contributed by atoms with Crippen molar-refractivity contribution in [2.24, 2.45) is 5.41 Å². The van der Waals surface area contributed by atoms with Crippen molar-refractivity contribution in [3.05, 3.63) is 23.9 Å². The highest BCUT2D eigenvalue weighted by atomic mass is 32.2. The van der Waals surface area contributed by atoms with E-state index in [1.165, 1.54) is 12.3 Å². The van der Waals surface area contributed by atoms with E-state index in [9.17, 15) is 21.6 Å². The number of hydrogen-bond acceptors (Lipinski definition) is 4. The summed E-state index contributed by atoms with van der Waals surface area (Å²) in [5.74, 6) is -0.263. The molecule has 1 saturated carbocycles.